The SMILES string of the molecule is COc1cc2c(=O)n(C(C)C)c(=O)n(CC(=O)c3ccccc3)c2cc1OC. The van der Waals surface area contributed by atoms with Gasteiger partial charge in [0.1, 0.15) is 0 Å². The first-order chi connectivity index (χ1) is 13.4. The summed E-state index contributed by atoms with van der Waals surface area (Å²) in [7, 11) is 2.94. The Morgan fingerprint density at radius 3 is 2.18 bits per heavy atom. The van der Waals surface area contributed by atoms with E-state index in [1.807, 2.05) is 6.07 Å². The molecule has 0 radical (unpaired) electrons. The van der Waals surface area contributed by atoms with Gasteiger partial charge in [-0.05, 0) is 19.9 Å². The minimum Gasteiger partial charge on any atom is -0.493 e. The van der Waals surface area contributed by atoms with Crippen molar-refractivity contribution in [2.45, 2.75) is 26.4 Å². The number of nitrogens with zero attached hydrogens (tertiary/aromatic N) is 2. The average molecular weight is 382 g/mol. The number of methoxy groups -OCH3 is 2. The molecule has 0 saturated carbocycles. The fourth-order valence-corrected chi connectivity index (χ4v) is 3.18. The van der Waals surface area contributed by atoms with E-state index >= 15 is 0 Å². The zero-order valence-electron chi connectivity index (χ0n) is 16.3. The maximum atomic E-state index is 13.1. The third-order valence-electron chi connectivity index (χ3n) is 4.59. The molecule has 1 aromatic heterocycles. The van der Waals surface area contributed by atoms with E-state index in [9.17, 15) is 14.4 Å². The monoisotopic (exact) mass is 382 g/mol. The van der Waals surface area contributed by atoms with Gasteiger partial charge in [-0.15, -0.1) is 0 Å². The van der Waals surface area contributed by atoms with Crippen molar-refractivity contribution in [2.75, 3.05) is 14.2 Å². The van der Waals surface area contributed by atoms with Crippen molar-refractivity contribution in [2.24, 2.45) is 0 Å². The molecule has 0 N–H and O–H groups in total. The van der Waals surface area contributed by atoms with Crippen LogP contribution in [-0.4, -0.2) is 29.1 Å². The van der Waals surface area contributed by atoms with Gasteiger partial charge in [0.15, 0.2) is 17.3 Å². The summed E-state index contributed by atoms with van der Waals surface area (Å²) in [5.74, 6) is 0.520. The number of hydrogen-bond acceptors (Lipinski definition) is 5. The number of ketones is 1. The summed E-state index contributed by atoms with van der Waals surface area (Å²) in [6, 6.07) is 11.5. The molecule has 0 spiro atoms. The molecule has 1 heterocycles. The first-order valence-corrected chi connectivity index (χ1v) is 8.88. The highest BCUT2D eigenvalue weighted by Gasteiger charge is 2.20. The number of aromatic nitrogens is 2. The molecule has 0 fully saturated rings. The van der Waals surface area contributed by atoms with Gasteiger partial charge in [-0.2, -0.15) is 0 Å². The molecule has 0 atom stereocenters. The fourth-order valence-electron chi connectivity index (χ4n) is 3.18. The van der Waals surface area contributed by atoms with Crippen LogP contribution in [0, 0.1) is 0 Å². The van der Waals surface area contributed by atoms with E-state index in [2.05, 4.69) is 0 Å². The molecule has 3 aromatic rings. The molecule has 2 aromatic carbocycles. The zero-order valence-corrected chi connectivity index (χ0v) is 16.3. The van der Waals surface area contributed by atoms with Crippen LogP contribution in [-0.2, 0) is 6.54 Å². The second-order valence-electron chi connectivity index (χ2n) is 6.65. The van der Waals surface area contributed by atoms with Gasteiger partial charge in [0.2, 0.25) is 0 Å². The van der Waals surface area contributed by atoms with Crippen LogP contribution in [0.1, 0.15) is 30.2 Å². The first kappa shape index (κ1) is 19.4. The Labute approximate surface area is 161 Å². The molecule has 0 aliphatic rings. The van der Waals surface area contributed by atoms with Crippen LogP contribution >= 0.6 is 0 Å². The lowest BCUT2D eigenvalue weighted by molar-refractivity contribution is 0.0971. The Kier molecular flexibility index (Phi) is 5.35. The molecule has 0 aliphatic heterocycles. The molecule has 7 heteroatoms. The van der Waals surface area contributed by atoms with Crippen LogP contribution < -0.4 is 20.7 Å². The third kappa shape index (κ3) is 3.31. The number of ether oxygens (including phenoxy) is 2. The Bertz CT molecular complexity index is 1140. The molecule has 146 valence electrons. The van der Waals surface area contributed by atoms with E-state index in [-0.39, 0.29) is 23.8 Å². The van der Waals surface area contributed by atoms with Crippen LogP contribution in [0.3, 0.4) is 0 Å². The van der Waals surface area contributed by atoms with E-state index in [1.54, 1.807) is 44.2 Å². The summed E-state index contributed by atoms with van der Waals surface area (Å²) >= 11 is 0. The molecular formula is C21H22N2O5. The lowest BCUT2D eigenvalue weighted by Crippen LogP contribution is -2.42. The van der Waals surface area contributed by atoms with Crippen molar-refractivity contribution in [1.82, 2.24) is 9.13 Å². The molecule has 28 heavy (non-hydrogen) atoms. The number of carbonyl (C=O) groups is 1. The van der Waals surface area contributed by atoms with Crippen molar-refractivity contribution in [3.05, 3.63) is 68.9 Å². The van der Waals surface area contributed by atoms with Crippen molar-refractivity contribution < 1.29 is 14.3 Å². The van der Waals surface area contributed by atoms with Crippen molar-refractivity contribution in [3.63, 3.8) is 0 Å². The van der Waals surface area contributed by atoms with Crippen LogP contribution in [0.5, 0.6) is 11.5 Å². The second-order valence-corrected chi connectivity index (χ2v) is 6.65. The smallest absolute Gasteiger partial charge is 0.332 e. The number of carbonyl (C=O) groups excluding carboxylic acids is 1. The van der Waals surface area contributed by atoms with Crippen LogP contribution in [0.4, 0.5) is 0 Å². The van der Waals surface area contributed by atoms with Crippen molar-refractivity contribution >= 4 is 16.7 Å². The lowest BCUT2D eigenvalue weighted by Gasteiger charge is -2.17. The quantitative estimate of drug-likeness (QED) is 0.613. The standard InChI is InChI=1S/C21H22N2O5/c1-13(2)23-20(25)15-10-18(27-3)19(28-4)11-16(15)22(21(23)26)12-17(24)14-8-6-5-7-9-14/h5-11,13H,12H2,1-4H3. The maximum absolute atomic E-state index is 13.1. The largest absolute Gasteiger partial charge is 0.493 e. The molecule has 0 aliphatic carbocycles. The van der Waals surface area contributed by atoms with Gasteiger partial charge >= 0.3 is 5.69 Å². The van der Waals surface area contributed by atoms with Crippen LogP contribution in [0.15, 0.2) is 52.1 Å². The highest BCUT2D eigenvalue weighted by molar-refractivity contribution is 5.96. The van der Waals surface area contributed by atoms with Crippen LogP contribution in [0.2, 0.25) is 0 Å². The van der Waals surface area contributed by atoms with E-state index in [0.29, 0.717) is 22.6 Å². The Hall–Kier alpha value is -3.35. The predicted octanol–water partition coefficient (Wildman–Crippen LogP) is 2.64. The van der Waals surface area contributed by atoms with Crippen molar-refractivity contribution in [3.8, 4) is 11.5 Å². The van der Waals surface area contributed by atoms with E-state index in [1.165, 1.54) is 24.9 Å². The number of fused-ring (bicyclic) bond motifs is 1. The molecule has 0 saturated heterocycles. The first-order valence-electron chi connectivity index (χ1n) is 8.88. The van der Waals surface area contributed by atoms with Gasteiger partial charge in [-0.1, -0.05) is 30.3 Å². The fraction of sp³-hybridized carbons (Fsp3) is 0.286. The predicted molar refractivity (Wildman–Crippen MR) is 107 cm³/mol. The van der Waals surface area contributed by atoms with Gasteiger partial charge in [0, 0.05) is 17.7 Å². The number of benzene rings is 2. The number of rotatable bonds is 6. The van der Waals surface area contributed by atoms with E-state index in [4.69, 9.17) is 9.47 Å². The molecular weight excluding hydrogens is 360 g/mol. The zero-order chi connectivity index (χ0) is 20.4. The highest BCUT2D eigenvalue weighted by atomic mass is 16.5. The summed E-state index contributed by atoms with van der Waals surface area (Å²) < 4.78 is 13.1. The summed E-state index contributed by atoms with van der Waals surface area (Å²) in [5, 5.41) is 0.284. The van der Waals surface area contributed by atoms with Gasteiger partial charge in [-0.25, -0.2) is 4.79 Å². The lowest BCUT2D eigenvalue weighted by atomic mass is 10.1. The molecule has 0 bridgehead atoms. The van der Waals surface area contributed by atoms with E-state index in [0.717, 1.165) is 4.57 Å². The van der Waals surface area contributed by atoms with Gasteiger partial charge in [0.05, 0.1) is 31.7 Å². The maximum Gasteiger partial charge on any atom is 0.332 e. The number of Topliss-reactive ketones (excluding diaryl/α,β-unsaturated/α-hetero) is 1. The minimum absolute atomic E-state index is 0.193. The Balaban J connectivity index is 2.32. The average Bonchev–Trinajstić information content (AvgIpc) is 2.70. The summed E-state index contributed by atoms with van der Waals surface area (Å²) in [6.07, 6.45) is 0. The topological polar surface area (TPSA) is 79.5 Å². The van der Waals surface area contributed by atoms with Crippen LogP contribution in [0.25, 0.3) is 10.9 Å². The van der Waals surface area contributed by atoms with Gasteiger partial charge in [0.25, 0.3) is 5.56 Å². The summed E-state index contributed by atoms with van der Waals surface area (Å²) in [4.78, 5) is 38.8. The second kappa shape index (κ2) is 7.72. The van der Waals surface area contributed by atoms with Crippen molar-refractivity contribution in [1.29, 1.82) is 0 Å². The van der Waals surface area contributed by atoms with Gasteiger partial charge < -0.3 is 9.47 Å². The highest BCUT2D eigenvalue weighted by Crippen LogP contribution is 2.30. The van der Waals surface area contributed by atoms with Gasteiger partial charge in [-0.3, -0.25) is 18.7 Å². The molecule has 3 rings (SSSR count). The molecule has 7 nitrogen and oxygen atoms in total. The van der Waals surface area contributed by atoms with E-state index < -0.39 is 11.2 Å². The summed E-state index contributed by atoms with van der Waals surface area (Å²) in [6.45, 7) is 3.30. The molecule has 0 unspecified atom stereocenters. The Morgan fingerprint density at radius 2 is 1.61 bits per heavy atom. The summed E-state index contributed by atoms with van der Waals surface area (Å²) in [5.41, 5.74) is -0.150. The third-order valence-corrected chi connectivity index (χ3v) is 4.59. The number of hydrogen-bond donors (Lipinski definition) is 0. The normalized spacial score (nSPS) is 11.0. The Morgan fingerprint density at radius 1 is 1.00 bits per heavy atom. The minimum atomic E-state index is -0.538. The molecule has 0 amide bonds.